The molecule has 0 radical (unpaired) electrons. The second-order valence-corrected chi connectivity index (χ2v) is 5.23. The van der Waals surface area contributed by atoms with E-state index in [-0.39, 0.29) is 11.9 Å². The van der Waals surface area contributed by atoms with E-state index in [1.165, 1.54) is 19.3 Å². The zero-order valence-corrected chi connectivity index (χ0v) is 11.3. The molecule has 1 aromatic rings. The zero-order valence-electron chi connectivity index (χ0n) is 11.3. The molecular formula is C16H22O2. The van der Waals surface area contributed by atoms with E-state index in [2.05, 4.69) is 6.92 Å². The van der Waals surface area contributed by atoms with Gasteiger partial charge in [0.25, 0.3) is 0 Å². The number of rotatable bonds is 4. The molecule has 1 aliphatic rings. The molecule has 18 heavy (non-hydrogen) atoms. The predicted octanol–water partition coefficient (Wildman–Crippen LogP) is 4.24. The molecule has 1 saturated carbocycles. The van der Waals surface area contributed by atoms with Gasteiger partial charge in [-0.05, 0) is 44.2 Å². The molecule has 0 aliphatic heterocycles. The van der Waals surface area contributed by atoms with Gasteiger partial charge in [-0.2, -0.15) is 0 Å². The van der Waals surface area contributed by atoms with Crippen LogP contribution in [0, 0.1) is 5.92 Å². The van der Waals surface area contributed by atoms with Gasteiger partial charge >= 0.3 is 0 Å². The van der Waals surface area contributed by atoms with E-state index in [9.17, 15) is 4.79 Å². The van der Waals surface area contributed by atoms with Crippen molar-refractivity contribution in [3.63, 3.8) is 0 Å². The summed E-state index contributed by atoms with van der Waals surface area (Å²) in [6, 6.07) is 7.57. The number of Topliss-reactive ketones (excluding diaryl/α,β-unsaturated/α-hetero) is 1. The minimum absolute atomic E-state index is 0.0773. The summed E-state index contributed by atoms with van der Waals surface area (Å²) in [5.74, 6) is 1.62. The van der Waals surface area contributed by atoms with Crippen molar-refractivity contribution >= 4 is 5.78 Å². The Kier molecular flexibility index (Phi) is 4.40. The number of ketones is 1. The maximum Gasteiger partial charge on any atom is 0.163 e. The lowest BCUT2D eigenvalue weighted by Gasteiger charge is -2.29. The van der Waals surface area contributed by atoms with Crippen LogP contribution in [0.25, 0.3) is 0 Å². The highest BCUT2D eigenvalue weighted by Gasteiger charge is 2.23. The Morgan fingerprint density at radius 1 is 1.33 bits per heavy atom. The van der Waals surface area contributed by atoms with E-state index in [1.807, 2.05) is 24.3 Å². The molecule has 2 unspecified atom stereocenters. The van der Waals surface area contributed by atoms with Crippen LogP contribution in [-0.4, -0.2) is 11.9 Å². The van der Waals surface area contributed by atoms with E-state index < -0.39 is 0 Å². The lowest BCUT2D eigenvalue weighted by atomic mass is 9.85. The highest BCUT2D eigenvalue weighted by atomic mass is 16.5. The van der Waals surface area contributed by atoms with Crippen molar-refractivity contribution in [3.05, 3.63) is 29.8 Å². The number of benzene rings is 1. The van der Waals surface area contributed by atoms with Crippen molar-refractivity contribution in [1.82, 2.24) is 0 Å². The van der Waals surface area contributed by atoms with Gasteiger partial charge in [-0.1, -0.05) is 31.9 Å². The van der Waals surface area contributed by atoms with Crippen molar-refractivity contribution in [2.24, 2.45) is 5.92 Å². The van der Waals surface area contributed by atoms with Gasteiger partial charge < -0.3 is 4.74 Å². The van der Waals surface area contributed by atoms with Crippen LogP contribution in [0.4, 0.5) is 0 Å². The van der Waals surface area contributed by atoms with Crippen molar-refractivity contribution < 1.29 is 9.53 Å². The van der Waals surface area contributed by atoms with Gasteiger partial charge in [0.1, 0.15) is 5.75 Å². The van der Waals surface area contributed by atoms with Crippen LogP contribution < -0.4 is 4.74 Å². The third kappa shape index (κ3) is 3.12. The number of carbonyl (C=O) groups excluding carboxylic acids is 1. The Morgan fingerprint density at radius 3 is 2.83 bits per heavy atom. The first-order valence-electron chi connectivity index (χ1n) is 6.97. The van der Waals surface area contributed by atoms with E-state index in [4.69, 9.17) is 4.74 Å². The minimum Gasteiger partial charge on any atom is -0.490 e. The number of hydrogen-bond donors (Lipinski definition) is 0. The number of hydrogen-bond acceptors (Lipinski definition) is 2. The largest absolute Gasteiger partial charge is 0.490 e. The first-order valence-corrected chi connectivity index (χ1v) is 6.97. The summed E-state index contributed by atoms with van der Waals surface area (Å²) in [5, 5.41) is 0. The summed E-state index contributed by atoms with van der Waals surface area (Å²) in [5.41, 5.74) is 0.705. The Morgan fingerprint density at radius 2 is 2.11 bits per heavy atom. The molecule has 98 valence electrons. The van der Waals surface area contributed by atoms with E-state index in [0.717, 1.165) is 24.5 Å². The Bertz CT molecular complexity index is 411. The first-order chi connectivity index (χ1) is 8.70. The Labute approximate surface area is 109 Å². The molecule has 1 fully saturated rings. The SMILES string of the molecule is CCC1CCCC(Oc2ccccc2C(C)=O)C1. The van der Waals surface area contributed by atoms with Gasteiger partial charge in [0, 0.05) is 0 Å². The van der Waals surface area contributed by atoms with Gasteiger partial charge in [0.2, 0.25) is 0 Å². The summed E-state index contributed by atoms with van der Waals surface area (Å²) in [6.07, 6.45) is 6.32. The second kappa shape index (κ2) is 6.03. The van der Waals surface area contributed by atoms with Crippen LogP contribution in [0.3, 0.4) is 0 Å². The first kappa shape index (κ1) is 13.1. The van der Waals surface area contributed by atoms with E-state index in [1.54, 1.807) is 6.92 Å². The average Bonchev–Trinajstić information content (AvgIpc) is 2.39. The minimum atomic E-state index is 0.0773. The third-order valence-electron chi connectivity index (χ3n) is 3.87. The van der Waals surface area contributed by atoms with Crippen molar-refractivity contribution in [2.75, 3.05) is 0 Å². The molecule has 0 heterocycles. The fourth-order valence-corrected chi connectivity index (χ4v) is 2.76. The zero-order chi connectivity index (χ0) is 13.0. The molecule has 0 amide bonds. The van der Waals surface area contributed by atoms with Gasteiger partial charge in [-0.3, -0.25) is 4.79 Å². The molecule has 0 spiro atoms. The molecule has 2 atom stereocenters. The van der Waals surface area contributed by atoms with Crippen molar-refractivity contribution in [3.8, 4) is 5.75 Å². The van der Waals surface area contributed by atoms with Gasteiger partial charge in [-0.15, -0.1) is 0 Å². The topological polar surface area (TPSA) is 26.3 Å². The van der Waals surface area contributed by atoms with Crippen molar-refractivity contribution in [2.45, 2.75) is 52.1 Å². The standard InChI is InChI=1S/C16H22O2/c1-3-13-7-6-8-14(11-13)18-16-10-5-4-9-15(16)12(2)17/h4-5,9-10,13-14H,3,6-8,11H2,1-2H3. The van der Waals surface area contributed by atoms with Gasteiger partial charge in [0.05, 0.1) is 11.7 Å². The average molecular weight is 246 g/mol. The lowest BCUT2D eigenvalue weighted by Crippen LogP contribution is -2.25. The summed E-state index contributed by atoms with van der Waals surface area (Å²) in [4.78, 5) is 11.5. The monoisotopic (exact) mass is 246 g/mol. The van der Waals surface area contributed by atoms with Gasteiger partial charge in [-0.25, -0.2) is 0 Å². The highest BCUT2D eigenvalue weighted by molar-refractivity contribution is 5.96. The number of para-hydroxylation sites is 1. The molecule has 0 saturated heterocycles. The van der Waals surface area contributed by atoms with E-state index in [0.29, 0.717) is 5.56 Å². The molecule has 0 aromatic heterocycles. The normalized spacial score (nSPS) is 23.7. The van der Waals surface area contributed by atoms with E-state index >= 15 is 0 Å². The fourth-order valence-electron chi connectivity index (χ4n) is 2.76. The molecule has 2 heteroatoms. The van der Waals surface area contributed by atoms with Crippen LogP contribution in [0.5, 0.6) is 5.75 Å². The van der Waals surface area contributed by atoms with Crippen LogP contribution >= 0.6 is 0 Å². The molecule has 0 N–H and O–H groups in total. The summed E-state index contributed by atoms with van der Waals surface area (Å²) in [6.45, 7) is 3.84. The second-order valence-electron chi connectivity index (χ2n) is 5.23. The Balaban J connectivity index is 2.07. The fraction of sp³-hybridized carbons (Fsp3) is 0.562. The molecule has 1 aromatic carbocycles. The molecule has 2 nitrogen and oxygen atoms in total. The molecule has 1 aliphatic carbocycles. The van der Waals surface area contributed by atoms with Gasteiger partial charge in [0.15, 0.2) is 5.78 Å². The summed E-state index contributed by atoms with van der Waals surface area (Å²) < 4.78 is 6.06. The maximum atomic E-state index is 11.5. The van der Waals surface area contributed by atoms with Crippen LogP contribution in [0.15, 0.2) is 24.3 Å². The number of carbonyl (C=O) groups is 1. The smallest absolute Gasteiger partial charge is 0.163 e. The third-order valence-corrected chi connectivity index (χ3v) is 3.87. The van der Waals surface area contributed by atoms with Crippen LogP contribution in [0.1, 0.15) is 56.3 Å². The van der Waals surface area contributed by atoms with Crippen LogP contribution in [0.2, 0.25) is 0 Å². The Hall–Kier alpha value is -1.31. The van der Waals surface area contributed by atoms with Crippen molar-refractivity contribution in [1.29, 1.82) is 0 Å². The number of ether oxygens (including phenoxy) is 1. The molecule has 0 bridgehead atoms. The lowest BCUT2D eigenvalue weighted by molar-refractivity contribution is 0.0988. The predicted molar refractivity (Wildman–Crippen MR) is 73.1 cm³/mol. The highest BCUT2D eigenvalue weighted by Crippen LogP contribution is 2.30. The molecule has 2 rings (SSSR count). The summed E-state index contributed by atoms with van der Waals surface area (Å²) >= 11 is 0. The quantitative estimate of drug-likeness (QED) is 0.743. The maximum absolute atomic E-state index is 11.5. The van der Waals surface area contributed by atoms with Crippen LogP contribution in [-0.2, 0) is 0 Å². The summed E-state index contributed by atoms with van der Waals surface area (Å²) in [7, 11) is 0. The molecular weight excluding hydrogens is 224 g/mol.